The van der Waals surface area contributed by atoms with Gasteiger partial charge in [-0.15, -0.1) is 21.5 Å². The van der Waals surface area contributed by atoms with E-state index in [-0.39, 0.29) is 0 Å². The van der Waals surface area contributed by atoms with Gasteiger partial charge in [-0.25, -0.2) is 0 Å². The van der Waals surface area contributed by atoms with Crippen LogP contribution in [0.1, 0.15) is 23.2 Å². The number of rotatable bonds is 3. The van der Waals surface area contributed by atoms with Crippen molar-refractivity contribution in [3.63, 3.8) is 0 Å². The maximum absolute atomic E-state index is 5.99. The van der Waals surface area contributed by atoms with Crippen molar-refractivity contribution in [2.45, 2.75) is 26.8 Å². The molecule has 2 heterocycles. The van der Waals surface area contributed by atoms with Crippen LogP contribution in [0.2, 0.25) is 5.28 Å². The van der Waals surface area contributed by atoms with E-state index in [2.05, 4.69) is 35.5 Å². The number of hydrogen-bond acceptors (Lipinski definition) is 3. The van der Waals surface area contributed by atoms with Gasteiger partial charge in [-0.3, -0.25) is 4.57 Å². The van der Waals surface area contributed by atoms with Crippen molar-refractivity contribution in [1.29, 1.82) is 0 Å². The summed E-state index contributed by atoms with van der Waals surface area (Å²) in [6.07, 6.45) is 0.851. The van der Waals surface area contributed by atoms with E-state index in [9.17, 15) is 0 Å². The third kappa shape index (κ3) is 2.06. The molecule has 80 valence electrons. The number of thiophene rings is 1. The highest BCUT2D eigenvalue weighted by Gasteiger charge is 2.10. The highest BCUT2D eigenvalue weighted by Crippen LogP contribution is 2.19. The van der Waals surface area contributed by atoms with E-state index in [1.807, 2.05) is 4.57 Å². The molecule has 0 amide bonds. The predicted octanol–water partition coefficient (Wildman–Crippen LogP) is 2.91. The Bertz CT molecular complexity index is 461. The molecule has 0 aliphatic heterocycles. The minimum Gasteiger partial charge on any atom is -0.296 e. The third-order valence-electron chi connectivity index (χ3n) is 2.37. The molecule has 0 aromatic carbocycles. The van der Waals surface area contributed by atoms with Crippen LogP contribution in [-0.2, 0) is 13.0 Å². The van der Waals surface area contributed by atoms with E-state index >= 15 is 0 Å². The first-order chi connectivity index (χ1) is 7.22. The van der Waals surface area contributed by atoms with E-state index in [0.29, 0.717) is 5.28 Å². The van der Waals surface area contributed by atoms with Gasteiger partial charge < -0.3 is 0 Å². The molecule has 2 rings (SSSR count). The highest BCUT2D eigenvalue weighted by atomic mass is 35.5. The van der Waals surface area contributed by atoms with Crippen LogP contribution in [0.3, 0.4) is 0 Å². The normalized spacial score (nSPS) is 10.9. The number of hydrogen-bond donors (Lipinski definition) is 0. The Hall–Kier alpha value is -0.870. The lowest BCUT2D eigenvalue weighted by Crippen LogP contribution is -2.04. The van der Waals surface area contributed by atoms with E-state index < -0.39 is 0 Å². The maximum atomic E-state index is 5.99. The lowest BCUT2D eigenvalue weighted by atomic mass is 10.3. The van der Waals surface area contributed by atoms with Crippen molar-refractivity contribution in [3.05, 3.63) is 33.0 Å². The number of nitrogens with zero attached hydrogens (tertiary/aromatic N) is 3. The van der Waals surface area contributed by atoms with Gasteiger partial charge in [0, 0.05) is 11.3 Å². The fourth-order valence-corrected chi connectivity index (χ4v) is 2.53. The van der Waals surface area contributed by atoms with E-state index in [1.54, 1.807) is 11.3 Å². The second-order valence-electron chi connectivity index (χ2n) is 3.35. The topological polar surface area (TPSA) is 30.7 Å². The first-order valence-electron chi connectivity index (χ1n) is 4.83. The molecule has 0 aliphatic carbocycles. The fourth-order valence-electron chi connectivity index (χ4n) is 1.44. The number of aromatic nitrogens is 3. The Balaban J connectivity index is 2.31. The van der Waals surface area contributed by atoms with E-state index in [4.69, 9.17) is 11.6 Å². The Morgan fingerprint density at radius 1 is 1.47 bits per heavy atom. The lowest BCUT2D eigenvalue weighted by molar-refractivity contribution is 0.738. The first kappa shape index (κ1) is 10.6. The molecule has 0 saturated heterocycles. The molecule has 0 atom stereocenters. The summed E-state index contributed by atoms with van der Waals surface area (Å²) in [6, 6.07) is 2.11. The van der Waals surface area contributed by atoms with Crippen molar-refractivity contribution >= 4 is 22.9 Å². The summed E-state index contributed by atoms with van der Waals surface area (Å²) in [6.45, 7) is 4.94. The van der Waals surface area contributed by atoms with Gasteiger partial charge in [0.15, 0.2) is 0 Å². The molecule has 0 bridgehead atoms. The first-order valence-corrected chi connectivity index (χ1v) is 6.08. The molecule has 15 heavy (non-hydrogen) atoms. The molecular weight excluding hydrogens is 230 g/mol. The maximum Gasteiger partial charge on any atom is 0.225 e. The largest absolute Gasteiger partial charge is 0.296 e. The van der Waals surface area contributed by atoms with Crippen molar-refractivity contribution < 1.29 is 0 Å². The molecule has 2 aromatic rings. The summed E-state index contributed by atoms with van der Waals surface area (Å²) in [5.41, 5.74) is 1.30. The molecule has 0 N–H and O–H groups in total. The van der Waals surface area contributed by atoms with Crippen LogP contribution in [-0.4, -0.2) is 14.8 Å². The van der Waals surface area contributed by atoms with Crippen LogP contribution in [0.25, 0.3) is 0 Å². The average molecular weight is 242 g/mol. The zero-order chi connectivity index (χ0) is 10.8. The SMILES string of the molecule is CCc1nnc(Cl)n1Cc1sccc1C. The van der Waals surface area contributed by atoms with Crippen LogP contribution in [0.15, 0.2) is 11.4 Å². The van der Waals surface area contributed by atoms with E-state index in [0.717, 1.165) is 18.8 Å². The zero-order valence-corrected chi connectivity index (χ0v) is 10.3. The molecule has 0 aliphatic rings. The Labute approximate surface area is 97.7 Å². The molecule has 0 saturated carbocycles. The Morgan fingerprint density at radius 3 is 2.87 bits per heavy atom. The summed E-state index contributed by atoms with van der Waals surface area (Å²) in [5.74, 6) is 0.938. The number of halogens is 1. The van der Waals surface area contributed by atoms with Gasteiger partial charge >= 0.3 is 0 Å². The fraction of sp³-hybridized carbons (Fsp3) is 0.400. The van der Waals surface area contributed by atoms with Gasteiger partial charge in [0.05, 0.1) is 6.54 Å². The van der Waals surface area contributed by atoms with E-state index in [1.165, 1.54) is 10.4 Å². The van der Waals surface area contributed by atoms with Gasteiger partial charge in [0.25, 0.3) is 0 Å². The standard InChI is InChI=1S/C10H12ClN3S/c1-3-9-12-13-10(11)14(9)6-8-7(2)4-5-15-8/h4-5H,3,6H2,1-2H3. The predicted molar refractivity (Wildman–Crippen MR) is 62.6 cm³/mol. The Kier molecular flexibility index (Phi) is 3.07. The molecule has 5 heteroatoms. The zero-order valence-electron chi connectivity index (χ0n) is 8.70. The van der Waals surface area contributed by atoms with Gasteiger partial charge in [-0.2, -0.15) is 0 Å². The van der Waals surface area contributed by atoms with Crippen LogP contribution < -0.4 is 0 Å². The van der Waals surface area contributed by atoms with Crippen molar-refractivity contribution in [2.24, 2.45) is 0 Å². The molecule has 0 unspecified atom stereocenters. The second kappa shape index (κ2) is 4.33. The van der Waals surface area contributed by atoms with Crippen LogP contribution in [0.5, 0.6) is 0 Å². The van der Waals surface area contributed by atoms with Crippen LogP contribution in [0, 0.1) is 6.92 Å². The smallest absolute Gasteiger partial charge is 0.225 e. The van der Waals surface area contributed by atoms with Crippen molar-refractivity contribution in [2.75, 3.05) is 0 Å². The second-order valence-corrected chi connectivity index (χ2v) is 4.69. The van der Waals surface area contributed by atoms with Crippen LogP contribution >= 0.6 is 22.9 Å². The molecule has 0 fully saturated rings. The van der Waals surface area contributed by atoms with Crippen LogP contribution in [0.4, 0.5) is 0 Å². The summed E-state index contributed by atoms with van der Waals surface area (Å²) >= 11 is 7.73. The molecule has 3 nitrogen and oxygen atoms in total. The monoisotopic (exact) mass is 241 g/mol. The van der Waals surface area contributed by atoms with Crippen molar-refractivity contribution in [3.8, 4) is 0 Å². The highest BCUT2D eigenvalue weighted by molar-refractivity contribution is 7.10. The summed E-state index contributed by atoms with van der Waals surface area (Å²) in [5, 5.41) is 10.5. The molecular formula is C10H12ClN3S. The van der Waals surface area contributed by atoms with Gasteiger partial charge in [-0.1, -0.05) is 6.92 Å². The molecule has 0 radical (unpaired) electrons. The van der Waals surface area contributed by atoms with Gasteiger partial charge in [0.2, 0.25) is 5.28 Å². The van der Waals surface area contributed by atoms with Gasteiger partial charge in [0.1, 0.15) is 5.82 Å². The lowest BCUT2D eigenvalue weighted by Gasteiger charge is -2.05. The number of aryl methyl sites for hydroxylation is 2. The van der Waals surface area contributed by atoms with Crippen molar-refractivity contribution in [1.82, 2.24) is 14.8 Å². The average Bonchev–Trinajstić information content (AvgIpc) is 2.77. The van der Waals surface area contributed by atoms with Gasteiger partial charge in [-0.05, 0) is 35.5 Å². The molecule has 2 aromatic heterocycles. The summed E-state index contributed by atoms with van der Waals surface area (Å²) in [4.78, 5) is 1.31. The quantitative estimate of drug-likeness (QED) is 0.827. The summed E-state index contributed by atoms with van der Waals surface area (Å²) < 4.78 is 1.96. The third-order valence-corrected chi connectivity index (χ3v) is 3.66. The Morgan fingerprint density at radius 2 is 2.27 bits per heavy atom. The minimum absolute atomic E-state index is 0.472. The molecule has 0 spiro atoms. The summed E-state index contributed by atoms with van der Waals surface area (Å²) in [7, 11) is 0. The minimum atomic E-state index is 0.472.